The van der Waals surface area contributed by atoms with Gasteiger partial charge in [-0.2, -0.15) is 0 Å². The quantitative estimate of drug-likeness (QED) is 0.383. The zero-order chi connectivity index (χ0) is 11.0. The first-order valence-corrected chi connectivity index (χ1v) is 4.44. The summed E-state index contributed by atoms with van der Waals surface area (Å²) in [6, 6.07) is 0. The fourth-order valence-corrected chi connectivity index (χ4v) is 0.782. The lowest BCUT2D eigenvalue weighted by Gasteiger charge is -2.02. The van der Waals surface area contributed by atoms with Crippen molar-refractivity contribution in [2.24, 2.45) is 0 Å². The average Bonchev–Trinajstić information content (AvgIpc) is 2.08. The predicted octanol–water partition coefficient (Wildman–Crippen LogP) is 1.45. The zero-order valence-electron chi connectivity index (χ0n) is 8.83. The molecule has 0 aromatic carbocycles. The number of rotatable bonds is 5. The SMILES string of the molecule is CC(=O)OCC/C=C(\C)COC(C)=O. The van der Waals surface area contributed by atoms with Crippen LogP contribution in [0.3, 0.4) is 0 Å². The Labute approximate surface area is 83.9 Å². The van der Waals surface area contributed by atoms with Gasteiger partial charge in [-0.1, -0.05) is 6.08 Å². The molecule has 0 rings (SSSR count). The molecule has 0 aliphatic rings. The summed E-state index contributed by atoms with van der Waals surface area (Å²) in [5.74, 6) is -0.575. The lowest BCUT2D eigenvalue weighted by Crippen LogP contribution is -2.02. The summed E-state index contributed by atoms with van der Waals surface area (Å²) in [6.45, 7) is 5.26. The van der Waals surface area contributed by atoms with E-state index in [0.29, 0.717) is 19.6 Å². The maximum Gasteiger partial charge on any atom is 0.302 e. The van der Waals surface area contributed by atoms with Crippen LogP contribution >= 0.6 is 0 Å². The van der Waals surface area contributed by atoms with Crippen LogP contribution in [0, 0.1) is 0 Å². The van der Waals surface area contributed by atoms with Crippen LogP contribution in [0.15, 0.2) is 11.6 Å². The van der Waals surface area contributed by atoms with E-state index in [1.165, 1.54) is 13.8 Å². The molecule has 0 saturated heterocycles. The summed E-state index contributed by atoms with van der Waals surface area (Å²) in [4.78, 5) is 20.8. The summed E-state index contributed by atoms with van der Waals surface area (Å²) in [5, 5.41) is 0. The summed E-state index contributed by atoms with van der Waals surface area (Å²) in [6.07, 6.45) is 2.53. The summed E-state index contributed by atoms with van der Waals surface area (Å²) in [5.41, 5.74) is 0.951. The van der Waals surface area contributed by atoms with E-state index in [2.05, 4.69) is 0 Å². The monoisotopic (exact) mass is 200 g/mol. The zero-order valence-corrected chi connectivity index (χ0v) is 8.83. The molecule has 0 saturated carbocycles. The van der Waals surface area contributed by atoms with E-state index in [9.17, 15) is 9.59 Å². The molecule has 80 valence electrons. The second-order valence-electron chi connectivity index (χ2n) is 2.96. The Bertz CT molecular complexity index is 230. The smallest absolute Gasteiger partial charge is 0.302 e. The first-order valence-electron chi connectivity index (χ1n) is 4.44. The van der Waals surface area contributed by atoms with Crippen LogP contribution in [0.5, 0.6) is 0 Å². The highest BCUT2D eigenvalue weighted by Crippen LogP contribution is 1.97. The molecule has 0 unspecified atom stereocenters. The molecule has 4 nitrogen and oxygen atoms in total. The van der Waals surface area contributed by atoms with Crippen LogP contribution in [0.25, 0.3) is 0 Å². The normalized spacial score (nSPS) is 10.9. The van der Waals surface area contributed by atoms with Crippen molar-refractivity contribution in [1.82, 2.24) is 0 Å². The topological polar surface area (TPSA) is 52.6 Å². The van der Waals surface area contributed by atoms with Crippen LogP contribution in [0.2, 0.25) is 0 Å². The molecule has 0 aliphatic carbocycles. The minimum atomic E-state index is -0.294. The molecular formula is C10H16O4. The van der Waals surface area contributed by atoms with Gasteiger partial charge in [-0.05, 0) is 18.9 Å². The van der Waals surface area contributed by atoms with E-state index in [0.717, 1.165) is 5.57 Å². The van der Waals surface area contributed by atoms with E-state index in [1.807, 2.05) is 13.0 Å². The van der Waals surface area contributed by atoms with Crippen molar-refractivity contribution >= 4 is 11.9 Å². The van der Waals surface area contributed by atoms with Crippen LogP contribution < -0.4 is 0 Å². The van der Waals surface area contributed by atoms with Gasteiger partial charge in [-0.15, -0.1) is 0 Å². The number of hydrogen-bond donors (Lipinski definition) is 0. The van der Waals surface area contributed by atoms with Gasteiger partial charge in [0, 0.05) is 13.8 Å². The van der Waals surface area contributed by atoms with Gasteiger partial charge in [0.25, 0.3) is 0 Å². The molecule has 0 fully saturated rings. The maximum atomic E-state index is 10.4. The molecular weight excluding hydrogens is 184 g/mol. The second kappa shape index (κ2) is 7.12. The van der Waals surface area contributed by atoms with Gasteiger partial charge < -0.3 is 9.47 Å². The Kier molecular flexibility index (Phi) is 6.45. The number of esters is 2. The van der Waals surface area contributed by atoms with Gasteiger partial charge in [0.2, 0.25) is 0 Å². The lowest BCUT2D eigenvalue weighted by molar-refractivity contribution is -0.141. The van der Waals surface area contributed by atoms with Crippen molar-refractivity contribution in [3.8, 4) is 0 Å². The van der Waals surface area contributed by atoms with Crippen molar-refractivity contribution in [3.63, 3.8) is 0 Å². The predicted molar refractivity (Wildman–Crippen MR) is 51.6 cm³/mol. The van der Waals surface area contributed by atoms with Gasteiger partial charge in [0.1, 0.15) is 6.61 Å². The van der Waals surface area contributed by atoms with Gasteiger partial charge in [0.15, 0.2) is 0 Å². The Morgan fingerprint density at radius 3 is 2.14 bits per heavy atom. The molecule has 0 atom stereocenters. The van der Waals surface area contributed by atoms with Crippen LogP contribution in [0.4, 0.5) is 0 Å². The van der Waals surface area contributed by atoms with Crippen molar-refractivity contribution < 1.29 is 19.1 Å². The Balaban J connectivity index is 3.55. The molecule has 0 aromatic rings. The molecule has 0 aromatic heterocycles. The van der Waals surface area contributed by atoms with Crippen LogP contribution in [-0.2, 0) is 19.1 Å². The highest BCUT2D eigenvalue weighted by atomic mass is 16.5. The fraction of sp³-hybridized carbons (Fsp3) is 0.600. The molecule has 0 bridgehead atoms. The number of carbonyl (C=O) groups is 2. The van der Waals surface area contributed by atoms with Crippen molar-refractivity contribution in [1.29, 1.82) is 0 Å². The molecule has 4 heteroatoms. The van der Waals surface area contributed by atoms with Crippen molar-refractivity contribution in [2.75, 3.05) is 13.2 Å². The first-order chi connectivity index (χ1) is 6.52. The molecule has 14 heavy (non-hydrogen) atoms. The second-order valence-corrected chi connectivity index (χ2v) is 2.96. The third kappa shape index (κ3) is 8.77. The highest BCUT2D eigenvalue weighted by Gasteiger charge is 1.95. The summed E-state index contributed by atoms with van der Waals surface area (Å²) in [7, 11) is 0. The van der Waals surface area contributed by atoms with Crippen LogP contribution in [0.1, 0.15) is 27.2 Å². The van der Waals surface area contributed by atoms with Crippen LogP contribution in [-0.4, -0.2) is 25.2 Å². The minimum Gasteiger partial charge on any atom is -0.466 e. The molecule has 0 N–H and O–H groups in total. The van der Waals surface area contributed by atoms with Gasteiger partial charge in [-0.3, -0.25) is 9.59 Å². The van der Waals surface area contributed by atoms with E-state index < -0.39 is 0 Å². The third-order valence-electron chi connectivity index (χ3n) is 1.42. The van der Waals surface area contributed by atoms with E-state index in [1.54, 1.807) is 0 Å². The largest absolute Gasteiger partial charge is 0.466 e. The minimum absolute atomic E-state index is 0.281. The Morgan fingerprint density at radius 1 is 1.07 bits per heavy atom. The molecule has 0 heterocycles. The Morgan fingerprint density at radius 2 is 1.64 bits per heavy atom. The number of ether oxygens (including phenoxy) is 2. The van der Waals surface area contributed by atoms with Gasteiger partial charge in [0.05, 0.1) is 6.61 Å². The molecule has 0 aliphatic heterocycles. The van der Waals surface area contributed by atoms with Crippen molar-refractivity contribution in [3.05, 3.63) is 11.6 Å². The number of hydrogen-bond acceptors (Lipinski definition) is 4. The Hall–Kier alpha value is -1.32. The maximum absolute atomic E-state index is 10.4. The van der Waals surface area contributed by atoms with Crippen molar-refractivity contribution in [2.45, 2.75) is 27.2 Å². The summed E-state index contributed by atoms with van der Waals surface area (Å²) < 4.78 is 9.49. The average molecular weight is 200 g/mol. The molecule has 0 amide bonds. The third-order valence-corrected chi connectivity index (χ3v) is 1.42. The first kappa shape index (κ1) is 12.7. The molecule has 0 spiro atoms. The highest BCUT2D eigenvalue weighted by molar-refractivity contribution is 5.66. The van der Waals surface area contributed by atoms with Gasteiger partial charge >= 0.3 is 11.9 Å². The lowest BCUT2D eigenvalue weighted by atomic mass is 10.2. The van der Waals surface area contributed by atoms with Gasteiger partial charge in [-0.25, -0.2) is 0 Å². The van der Waals surface area contributed by atoms with E-state index in [4.69, 9.17) is 9.47 Å². The van der Waals surface area contributed by atoms with E-state index >= 15 is 0 Å². The van der Waals surface area contributed by atoms with E-state index in [-0.39, 0.29) is 11.9 Å². The fourth-order valence-electron chi connectivity index (χ4n) is 0.782. The standard InChI is InChI=1S/C10H16O4/c1-8(7-14-10(3)12)5-4-6-13-9(2)11/h5H,4,6-7H2,1-3H3/b8-5+. The number of carbonyl (C=O) groups excluding carboxylic acids is 2. The molecule has 0 radical (unpaired) electrons. The summed E-state index contributed by atoms with van der Waals surface area (Å²) >= 11 is 0.